The molecule has 0 bridgehead atoms. The van der Waals surface area contributed by atoms with Gasteiger partial charge in [-0.25, -0.2) is 9.37 Å². The van der Waals surface area contributed by atoms with E-state index in [0.717, 1.165) is 37.1 Å². The van der Waals surface area contributed by atoms with Crippen LogP contribution in [0.3, 0.4) is 0 Å². The summed E-state index contributed by atoms with van der Waals surface area (Å²) in [5, 5.41) is 8.39. The number of pyridine rings is 1. The Labute approximate surface area is 235 Å². The number of likely N-dealkylation sites (tertiary alicyclic amines) is 1. The molecule has 1 atom stereocenters. The molecule has 4 rings (SSSR count). The minimum absolute atomic E-state index is 0.0433. The monoisotopic (exact) mass is 561 g/mol. The molecule has 1 aromatic carbocycles. The second-order valence-corrected chi connectivity index (χ2v) is 12.8. The predicted molar refractivity (Wildman–Crippen MR) is 154 cm³/mol. The van der Waals surface area contributed by atoms with Gasteiger partial charge in [0.25, 0.3) is 0 Å². The van der Waals surface area contributed by atoms with Crippen LogP contribution < -0.4 is 10.1 Å². The van der Waals surface area contributed by atoms with E-state index in [1.54, 1.807) is 6.92 Å². The van der Waals surface area contributed by atoms with Gasteiger partial charge in [0.05, 0.1) is 17.3 Å². The Bertz CT molecular complexity index is 1270. The van der Waals surface area contributed by atoms with Gasteiger partial charge in [0.2, 0.25) is 0 Å². The van der Waals surface area contributed by atoms with Gasteiger partial charge in [0, 0.05) is 58.3 Å². The standard InChI is InChI=1S/C29H38Cl2FN5O/c1-18(25-22(30)8-9-23(32)26(25)31)38-24-14-19(15-33-27(24)35-28(2,3)4)20-16-34-37(17-20)21-10-12-36(13-11-21)29(5,6)7/h8-9,14-18,21H,10-13H2,1-7H3,(H,33,35)/t18-/m1/s1. The number of hydrogen-bond donors (Lipinski definition) is 1. The highest BCUT2D eigenvalue weighted by atomic mass is 35.5. The van der Waals surface area contributed by atoms with Crippen molar-refractivity contribution in [2.45, 2.75) is 84.5 Å². The summed E-state index contributed by atoms with van der Waals surface area (Å²) in [7, 11) is 0. The van der Waals surface area contributed by atoms with E-state index in [4.69, 9.17) is 33.0 Å². The lowest BCUT2D eigenvalue weighted by Crippen LogP contribution is -2.46. The summed E-state index contributed by atoms with van der Waals surface area (Å²) < 4.78 is 22.6. The SMILES string of the molecule is C[C@@H](Oc1cc(-c2cnn(C3CCN(C(C)(C)C)CC3)c2)cnc1NC(C)(C)C)c1c(Cl)ccc(F)c1Cl. The number of benzene rings is 1. The lowest BCUT2D eigenvalue weighted by atomic mass is 9.98. The highest BCUT2D eigenvalue weighted by Gasteiger charge is 2.28. The van der Waals surface area contributed by atoms with Gasteiger partial charge < -0.3 is 10.1 Å². The van der Waals surface area contributed by atoms with Gasteiger partial charge in [0.1, 0.15) is 11.9 Å². The van der Waals surface area contributed by atoms with E-state index in [1.165, 1.54) is 12.1 Å². The van der Waals surface area contributed by atoms with Crippen molar-refractivity contribution in [1.82, 2.24) is 19.7 Å². The van der Waals surface area contributed by atoms with Crippen molar-refractivity contribution in [2.24, 2.45) is 0 Å². The van der Waals surface area contributed by atoms with E-state index in [2.05, 4.69) is 46.9 Å². The van der Waals surface area contributed by atoms with Crippen LogP contribution in [0.15, 0.2) is 36.8 Å². The molecule has 1 N–H and O–H groups in total. The Kier molecular flexibility index (Phi) is 8.31. The fourth-order valence-corrected chi connectivity index (χ4v) is 5.47. The summed E-state index contributed by atoms with van der Waals surface area (Å²) in [6.45, 7) is 16.8. The lowest BCUT2D eigenvalue weighted by molar-refractivity contribution is 0.0870. The van der Waals surface area contributed by atoms with Gasteiger partial charge in [-0.15, -0.1) is 0 Å². The second-order valence-electron chi connectivity index (χ2n) is 12.1. The molecular formula is C29H38Cl2FN5O. The molecular weight excluding hydrogens is 524 g/mol. The highest BCUT2D eigenvalue weighted by molar-refractivity contribution is 6.36. The van der Waals surface area contributed by atoms with Crippen LogP contribution in [0.5, 0.6) is 5.75 Å². The highest BCUT2D eigenvalue weighted by Crippen LogP contribution is 2.38. The van der Waals surface area contributed by atoms with Crippen molar-refractivity contribution in [3.05, 3.63) is 58.2 Å². The number of nitrogens with one attached hydrogen (secondary N) is 1. The number of hydrogen-bond acceptors (Lipinski definition) is 5. The topological polar surface area (TPSA) is 55.2 Å². The van der Waals surface area contributed by atoms with E-state index in [0.29, 0.717) is 28.2 Å². The zero-order valence-corrected chi connectivity index (χ0v) is 24.8. The third-order valence-corrected chi connectivity index (χ3v) is 7.57. The molecule has 1 aliphatic heterocycles. The van der Waals surface area contributed by atoms with E-state index < -0.39 is 11.9 Å². The molecule has 1 fully saturated rings. The zero-order chi connectivity index (χ0) is 27.8. The molecule has 206 valence electrons. The van der Waals surface area contributed by atoms with E-state index in [1.807, 2.05) is 39.2 Å². The molecule has 1 aliphatic rings. The first-order chi connectivity index (χ1) is 17.7. The maximum atomic E-state index is 14.2. The van der Waals surface area contributed by atoms with Gasteiger partial charge in [-0.2, -0.15) is 5.10 Å². The van der Waals surface area contributed by atoms with Gasteiger partial charge in [-0.1, -0.05) is 23.2 Å². The third-order valence-electron chi connectivity index (χ3n) is 6.86. The number of rotatable bonds is 6. The Hall–Kier alpha value is -2.35. The van der Waals surface area contributed by atoms with Gasteiger partial charge >= 0.3 is 0 Å². The van der Waals surface area contributed by atoms with Crippen molar-refractivity contribution in [2.75, 3.05) is 18.4 Å². The summed E-state index contributed by atoms with van der Waals surface area (Å²) in [4.78, 5) is 7.22. The van der Waals surface area contributed by atoms with Crippen LogP contribution in [-0.2, 0) is 0 Å². The summed E-state index contributed by atoms with van der Waals surface area (Å²) in [5.74, 6) is 0.563. The van der Waals surface area contributed by atoms with Crippen LogP contribution in [0.4, 0.5) is 10.2 Å². The fourth-order valence-electron chi connectivity index (χ4n) is 4.79. The summed E-state index contributed by atoms with van der Waals surface area (Å²) in [5.41, 5.74) is 2.16. The van der Waals surface area contributed by atoms with Crippen LogP contribution in [0, 0.1) is 5.82 Å². The number of nitrogens with zero attached hydrogens (tertiary/aromatic N) is 4. The fraction of sp³-hybridized carbons (Fsp3) is 0.517. The Balaban J connectivity index is 1.60. The van der Waals surface area contributed by atoms with Crippen molar-refractivity contribution in [3.8, 4) is 16.9 Å². The van der Waals surface area contributed by atoms with Gasteiger partial charge in [-0.3, -0.25) is 9.58 Å². The minimum atomic E-state index is -0.612. The van der Waals surface area contributed by atoms with E-state index in [9.17, 15) is 4.39 Å². The molecule has 3 aromatic rings. The van der Waals surface area contributed by atoms with Crippen LogP contribution in [0.1, 0.15) is 79.0 Å². The molecule has 0 aliphatic carbocycles. The molecule has 0 radical (unpaired) electrons. The Morgan fingerprint density at radius 2 is 1.74 bits per heavy atom. The largest absolute Gasteiger partial charge is 0.482 e. The molecule has 0 amide bonds. The zero-order valence-electron chi connectivity index (χ0n) is 23.3. The summed E-state index contributed by atoms with van der Waals surface area (Å²) >= 11 is 12.6. The maximum Gasteiger partial charge on any atom is 0.169 e. The number of anilines is 1. The summed E-state index contributed by atoms with van der Waals surface area (Å²) in [6, 6.07) is 5.04. The average molecular weight is 563 g/mol. The molecule has 0 saturated carbocycles. The summed E-state index contributed by atoms with van der Waals surface area (Å²) in [6.07, 6.45) is 7.28. The normalized spacial score (nSPS) is 16.5. The number of piperidine rings is 1. The predicted octanol–water partition coefficient (Wildman–Crippen LogP) is 8.18. The van der Waals surface area contributed by atoms with E-state index in [-0.39, 0.29) is 16.1 Å². The molecule has 0 unspecified atom stereocenters. The Morgan fingerprint density at radius 1 is 1.05 bits per heavy atom. The average Bonchev–Trinajstić information content (AvgIpc) is 3.32. The van der Waals surface area contributed by atoms with Crippen LogP contribution in [0.25, 0.3) is 11.1 Å². The molecule has 38 heavy (non-hydrogen) atoms. The second kappa shape index (κ2) is 11.0. The number of aromatic nitrogens is 3. The first kappa shape index (κ1) is 28.7. The smallest absolute Gasteiger partial charge is 0.169 e. The van der Waals surface area contributed by atoms with E-state index >= 15 is 0 Å². The molecule has 3 heterocycles. The first-order valence-electron chi connectivity index (χ1n) is 13.1. The quantitative estimate of drug-likeness (QED) is 0.307. The van der Waals surface area contributed by atoms with Crippen LogP contribution in [-0.4, -0.2) is 43.8 Å². The molecule has 6 nitrogen and oxygen atoms in total. The molecule has 0 spiro atoms. The minimum Gasteiger partial charge on any atom is -0.482 e. The third kappa shape index (κ3) is 6.61. The molecule has 9 heteroatoms. The molecule has 1 saturated heterocycles. The number of halogens is 3. The molecule has 2 aromatic heterocycles. The Morgan fingerprint density at radius 3 is 2.37 bits per heavy atom. The van der Waals surface area contributed by atoms with Crippen molar-refractivity contribution < 1.29 is 9.13 Å². The maximum absolute atomic E-state index is 14.2. The van der Waals surface area contributed by atoms with Crippen LogP contribution in [0.2, 0.25) is 10.0 Å². The van der Waals surface area contributed by atoms with Crippen molar-refractivity contribution in [1.29, 1.82) is 0 Å². The van der Waals surface area contributed by atoms with Crippen molar-refractivity contribution in [3.63, 3.8) is 0 Å². The first-order valence-corrected chi connectivity index (χ1v) is 13.9. The van der Waals surface area contributed by atoms with Crippen LogP contribution >= 0.6 is 23.2 Å². The number of ether oxygens (including phenoxy) is 1. The van der Waals surface area contributed by atoms with Gasteiger partial charge in [0.15, 0.2) is 11.6 Å². The lowest BCUT2D eigenvalue weighted by Gasteiger charge is -2.40. The van der Waals surface area contributed by atoms with Gasteiger partial charge in [-0.05, 0) is 79.5 Å². The van der Waals surface area contributed by atoms with Crippen molar-refractivity contribution >= 4 is 29.0 Å².